The van der Waals surface area contributed by atoms with Crippen molar-refractivity contribution in [3.05, 3.63) is 64.7 Å². The zero-order chi connectivity index (χ0) is 21.3. The number of anilines is 2. The second-order valence-corrected chi connectivity index (χ2v) is 8.18. The summed E-state index contributed by atoms with van der Waals surface area (Å²) in [5.41, 5.74) is 4.88. The molecule has 1 saturated heterocycles. The molecule has 0 bridgehead atoms. The second-order valence-electron chi connectivity index (χ2n) is 7.41. The summed E-state index contributed by atoms with van der Waals surface area (Å²) in [6.07, 6.45) is 3.52. The number of carbonyl (C=O) groups is 2. The van der Waals surface area contributed by atoms with Crippen LogP contribution in [0.5, 0.6) is 0 Å². The number of halogens is 1. The number of para-hydroxylation sites is 1. The number of fused-ring (bicyclic) bond motifs is 1. The molecule has 1 fully saturated rings. The first-order valence-electron chi connectivity index (χ1n) is 9.90. The maximum atomic E-state index is 13.2. The number of nitrogens with one attached hydrogen (secondary N) is 1. The lowest BCUT2D eigenvalue weighted by Gasteiger charge is -2.30. The van der Waals surface area contributed by atoms with Crippen LogP contribution in [-0.4, -0.2) is 35.9 Å². The van der Waals surface area contributed by atoms with Gasteiger partial charge in [-0.25, -0.2) is 0 Å². The molecule has 2 aromatic carbocycles. The van der Waals surface area contributed by atoms with Crippen LogP contribution in [0, 0.1) is 6.92 Å². The van der Waals surface area contributed by atoms with Gasteiger partial charge in [-0.1, -0.05) is 24.3 Å². The highest BCUT2D eigenvalue weighted by Crippen LogP contribution is 2.30. The molecule has 2 amide bonds. The van der Waals surface area contributed by atoms with E-state index in [-0.39, 0.29) is 10.7 Å². The molecule has 2 aromatic rings. The number of amides is 2. The maximum Gasteiger partial charge on any atom is 0.270 e. The molecule has 5 nitrogen and oxygen atoms in total. The zero-order valence-electron chi connectivity index (χ0n) is 16.7. The smallest absolute Gasteiger partial charge is 0.270 e. The topological polar surface area (TPSA) is 52.7 Å². The van der Waals surface area contributed by atoms with Crippen LogP contribution in [0.4, 0.5) is 11.4 Å². The van der Waals surface area contributed by atoms with E-state index in [9.17, 15) is 9.59 Å². The first kappa shape index (κ1) is 20.6. The van der Waals surface area contributed by atoms with E-state index >= 15 is 0 Å². The quantitative estimate of drug-likeness (QED) is 0.333. The van der Waals surface area contributed by atoms with Crippen LogP contribution in [0.2, 0.25) is 0 Å². The van der Waals surface area contributed by atoms with E-state index in [2.05, 4.69) is 22.3 Å². The number of carbonyl (C=O) groups excluding carboxylic acids is 2. The molecule has 0 aliphatic carbocycles. The van der Waals surface area contributed by atoms with Crippen molar-refractivity contribution in [2.45, 2.75) is 19.8 Å². The minimum Gasteiger partial charge on any atom is -0.371 e. The third-order valence-corrected chi connectivity index (χ3v) is 5.98. The number of aryl methyl sites for hydroxylation is 1. The summed E-state index contributed by atoms with van der Waals surface area (Å²) in [7, 11) is 0. The van der Waals surface area contributed by atoms with E-state index in [1.807, 2.05) is 37.3 Å². The van der Waals surface area contributed by atoms with Gasteiger partial charge in [0, 0.05) is 24.7 Å². The van der Waals surface area contributed by atoms with Gasteiger partial charge in [-0.2, -0.15) is 0 Å². The van der Waals surface area contributed by atoms with Crippen molar-refractivity contribution < 1.29 is 9.59 Å². The fourth-order valence-corrected chi connectivity index (χ4v) is 4.31. The lowest BCUT2D eigenvalue weighted by atomic mass is 10.0. The highest BCUT2D eigenvalue weighted by atomic mass is 35.5. The van der Waals surface area contributed by atoms with E-state index in [0.29, 0.717) is 11.6 Å². The Labute approximate surface area is 186 Å². The van der Waals surface area contributed by atoms with Gasteiger partial charge < -0.3 is 4.90 Å². The number of benzene rings is 2. The van der Waals surface area contributed by atoms with E-state index in [4.69, 9.17) is 23.8 Å². The standard InChI is InChI=1S/C23H22ClN3O2S/c1-15-5-2-3-6-19(15)27-22(29)18(21(28)25-23(27)30)14-16-7-8-20-17(13-16)9-12-26(20)11-4-10-24/h2-3,5-8,13-14H,4,9-12H2,1H3,(H,25,28,30)/b18-14-. The second kappa shape index (κ2) is 8.58. The van der Waals surface area contributed by atoms with Gasteiger partial charge in [0.2, 0.25) is 0 Å². The minimum atomic E-state index is -0.473. The van der Waals surface area contributed by atoms with Crippen molar-refractivity contribution in [3.8, 4) is 0 Å². The van der Waals surface area contributed by atoms with E-state index in [0.717, 1.165) is 37.1 Å². The van der Waals surface area contributed by atoms with Crippen molar-refractivity contribution in [2.75, 3.05) is 28.8 Å². The summed E-state index contributed by atoms with van der Waals surface area (Å²) in [5.74, 6) is -0.242. The van der Waals surface area contributed by atoms with Crippen LogP contribution >= 0.6 is 23.8 Å². The number of hydrogen-bond donors (Lipinski definition) is 1. The Balaban J connectivity index is 1.65. The minimum absolute atomic E-state index is 0.0730. The summed E-state index contributed by atoms with van der Waals surface area (Å²) >= 11 is 11.1. The maximum absolute atomic E-state index is 13.2. The molecule has 30 heavy (non-hydrogen) atoms. The average molecular weight is 440 g/mol. The van der Waals surface area contributed by atoms with Crippen molar-refractivity contribution in [1.29, 1.82) is 0 Å². The molecule has 4 rings (SSSR count). The lowest BCUT2D eigenvalue weighted by molar-refractivity contribution is -0.122. The zero-order valence-corrected chi connectivity index (χ0v) is 18.2. The highest BCUT2D eigenvalue weighted by molar-refractivity contribution is 7.80. The Hall–Kier alpha value is -2.70. The third kappa shape index (κ3) is 3.85. The van der Waals surface area contributed by atoms with Crippen LogP contribution in [-0.2, 0) is 16.0 Å². The Morgan fingerprint density at radius 1 is 1.17 bits per heavy atom. The van der Waals surface area contributed by atoms with Crippen LogP contribution in [0.15, 0.2) is 48.0 Å². The van der Waals surface area contributed by atoms with Gasteiger partial charge in [-0.3, -0.25) is 19.8 Å². The van der Waals surface area contributed by atoms with Gasteiger partial charge in [0.15, 0.2) is 5.11 Å². The van der Waals surface area contributed by atoms with Crippen molar-refractivity contribution in [3.63, 3.8) is 0 Å². The largest absolute Gasteiger partial charge is 0.371 e. The molecule has 2 heterocycles. The molecular formula is C23H22ClN3O2S. The van der Waals surface area contributed by atoms with Gasteiger partial charge in [0.25, 0.3) is 11.8 Å². The summed E-state index contributed by atoms with van der Waals surface area (Å²) in [6, 6.07) is 13.5. The van der Waals surface area contributed by atoms with E-state index in [1.165, 1.54) is 16.2 Å². The van der Waals surface area contributed by atoms with Gasteiger partial charge in [-0.05, 0) is 72.9 Å². The molecule has 2 aliphatic rings. The predicted octanol–water partition coefficient (Wildman–Crippen LogP) is 3.82. The summed E-state index contributed by atoms with van der Waals surface area (Å²) in [4.78, 5) is 29.5. The molecule has 0 saturated carbocycles. The molecule has 0 radical (unpaired) electrons. The molecule has 7 heteroatoms. The first-order valence-corrected chi connectivity index (χ1v) is 10.8. The Morgan fingerprint density at radius 3 is 2.73 bits per heavy atom. The van der Waals surface area contributed by atoms with Crippen LogP contribution < -0.4 is 15.1 Å². The summed E-state index contributed by atoms with van der Waals surface area (Å²) < 4.78 is 0. The number of alkyl halides is 1. The van der Waals surface area contributed by atoms with Crippen molar-refractivity contribution in [1.82, 2.24) is 5.32 Å². The fourth-order valence-electron chi connectivity index (χ4n) is 3.92. The highest BCUT2D eigenvalue weighted by Gasteiger charge is 2.35. The van der Waals surface area contributed by atoms with Crippen LogP contribution in [0.25, 0.3) is 6.08 Å². The SMILES string of the molecule is Cc1ccccc1N1C(=O)/C(=C\c2ccc3c(c2)CCN3CCCCl)C(=O)NC1=S. The van der Waals surface area contributed by atoms with Crippen molar-refractivity contribution >= 4 is 58.2 Å². The lowest BCUT2D eigenvalue weighted by Crippen LogP contribution is -2.54. The molecule has 0 unspecified atom stereocenters. The monoisotopic (exact) mass is 439 g/mol. The number of nitrogens with zero attached hydrogens (tertiary/aromatic N) is 2. The van der Waals surface area contributed by atoms with E-state index < -0.39 is 11.8 Å². The molecule has 2 aliphatic heterocycles. The molecule has 0 spiro atoms. The van der Waals surface area contributed by atoms with Gasteiger partial charge in [0.1, 0.15) is 5.57 Å². The summed E-state index contributed by atoms with van der Waals surface area (Å²) in [5, 5.41) is 2.74. The first-order chi connectivity index (χ1) is 14.5. The number of rotatable bonds is 5. The number of hydrogen-bond acceptors (Lipinski definition) is 4. The van der Waals surface area contributed by atoms with Gasteiger partial charge in [0.05, 0.1) is 5.69 Å². The molecule has 0 atom stereocenters. The Morgan fingerprint density at radius 2 is 1.97 bits per heavy atom. The van der Waals surface area contributed by atoms with Gasteiger partial charge >= 0.3 is 0 Å². The number of thiocarbonyl (C=S) groups is 1. The van der Waals surface area contributed by atoms with Crippen molar-refractivity contribution in [2.24, 2.45) is 0 Å². The van der Waals surface area contributed by atoms with Gasteiger partial charge in [-0.15, -0.1) is 11.6 Å². The third-order valence-electron chi connectivity index (χ3n) is 5.43. The average Bonchev–Trinajstić information content (AvgIpc) is 3.13. The normalized spacial score (nSPS) is 17.5. The molecule has 0 aromatic heterocycles. The van der Waals surface area contributed by atoms with E-state index in [1.54, 1.807) is 6.08 Å². The Kier molecular flexibility index (Phi) is 5.88. The fraction of sp³-hybridized carbons (Fsp3) is 0.261. The van der Waals surface area contributed by atoms with Crippen LogP contribution in [0.3, 0.4) is 0 Å². The molecule has 1 N–H and O–H groups in total. The predicted molar refractivity (Wildman–Crippen MR) is 125 cm³/mol. The molecule has 154 valence electrons. The van der Waals surface area contributed by atoms with Crippen LogP contribution in [0.1, 0.15) is 23.1 Å². The Bertz CT molecular complexity index is 1070. The summed E-state index contributed by atoms with van der Waals surface area (Å²) in [6.45, 7) is 3.79. The molecular weight excluding hydrogens is 418 g/mol.